The summed E-state index contributed by atoms with van der Waals surface area (Å²) in [5, 5.41) is 7.08. The molecule has 1 aliphatic heterocycles. The molecule has 0 radical (unpaired) electrons. The van der Waals surface area contributed by atoms with E-state index in [2.05, 4.69) is 21.7 Å². The Hall–Kier alpha value is -1.70. The summed E-state index contributed by atoms with van der Waals surface area (Å²) in [4.78, 5) is 31.2. The van der Waals surface area contributed by atoms with Crippen LogP contribution in [-0.4, -0.2) is 55.3 Å². The number of rotatable bonds is 6. The van der Waals surface area contributed by atoms with Crippen molar-refractivity contribution in [3.05, 3.63) is 44.8 Å². The van der Waals surface area contributed by atoms with Gasteiger partial charge in [-0.05, 0) is 49.8 Å². The molecular formula is C19H25N3O2S2. The Morgan fingerprint density at radius 3 is 2.69 bits per heavy atom. The second-order valence-electron chi connectivity index (χ2n) is 6.81. The zero-order chi connectivity index (χ0) is 18.5. The highest BCUT2D eigenvalue weighted by Crippen LogP contribution is 2.24. The molecule has 140 valence electrons. The van der Waals surface area contributed by atoms with E-state index in [0.717, 1.165) is 24.3 Å². The highest BCUT2D eigenvalue weighted by molar-refractivity contribution is 7.12. The summed E-state index contributed by atoms with van der Waals surface area (Å²) in [7, 11) is 4.05. The lowest BCUT2D eigenvalue weighted by Gasteiger charge is -2.32. The van der Waals surface area contributed by atoms with E-state index in [1.807, 2.05) is 42.6 Å². The van der Waals surface area contributed by atoms with Gasteiger partial charge in [0.2, 0.25) is 5.91 Å². The normalized spacial score (nSPS) is 18.7. The van der Waals surface area contributed by atoms with Crippen LogP contribution in [-0.2, 0) is 4.79 Å². The molecule has 5 nitrogen and oxygen atoms in total. The van der Waals surface area contributed by atoms with Crippen LogP contribution in [0.25, 0.3) is 0 Å². The van der Waals surface area contributed by atoms with Crippen molar-refractivity contribution in [3.63, 3.8) is 0 Å². The maximum atomic E-state index is 12.7. The van der Waals surface area contributed by atoms with E-state index in [4.69, 9.17) is 0 Å². The first-order chi connectivity index (χ1) is 12.6. The van der Waals surface area contributed by atoms with E-state index in [1.54, 1.807) is 11.3 Å². The molecule has 2 amide bonds. The van der Waals surface area contributed by atoms with Crippen LogP contribution in [0.4, 0.5) is 0 Å². The Labute approximate surface area is 162 Å². The number of nitrogens with one attached hydrogen (secondary N) is 1. The van der Waals surface area contributed by atoms with E-state index >= 15 is 0 Å². The van der Waals surface area contributed by atoms with Gasteiger partial charge in [-0.25, -0.2) is 0 Å². The molecule has 1 N–H and O–H groups in total. The summed E-state index contributed by atoms with van der Waals surface area (Å²) in [6, 6.07) is 8.04. The standard InChI is InChI=1S/C19H25N3O2S2/c1-21(2)15(16-7-4-10-25-16)12-20-18(23)14-6-3-9-22(13-14)19(24)17-8-5-11-26-17/h4-5,7-8,10-11,14-15H,3,6,9,12-13H2,1-2H3,(H,20,23). The molecule has 0 aliphatic carbocycles. The molecule has 0 aromatic carbocycles. The first-order valence-electron chi connectivity index (χ1n) is 8.86. The summed E-state index contributed by atoms with van der Waals surface area (Å²) in [5.41, 5.74) is 0. The highest BCUT2D eigenvalue weighted by atomic mass is 32.1. The topological polar surface area (TPSA) is 52.7 Å². The number of hydrogen-bond donors (Lipinski definition) is 1. The van der Waals surface area contributed by atoms with E-state index in [9.17, 15) is 9.59 Å². The average Bonchev–Trinajstić information content (AvgIpc) is 3.35. The number of nitrogens with zero attached hydrogens (tertiary/aromatic N) is 2. The minimum atomic E-state index is -0.126. The smallest absolute Gasteiger partial charge is 0.263 e. The molecule has 3 heterocycles. The first-order valence-corrected chi connectivity index (χ1v) is 10.6. The van der Waals surface area contributed by atoms with Gasteiger partial charge >= 0.3 is 0 Å². The lowest BCUT2D eigenvalue weighted by atomic mass is 9.96. The van der Waals surface area contributed by atoms with Gasteiger partial charge in [0.05, 0.1) is 16.8 Å². The Morgan fingerprint density at radius 1 is 1.27 bits per heavy atom. The molecular weight excluding hydrogens is 366 g/mol. The van der Waals surface area contributed by atoms with Crippen molar-refractivity contribution in [3.8, 4) is 0 Å². The van der Waals surface area contributed by atoms with Gasteiger partial charge in [-0.1, -0.05) is 12.1 Å². The Kier molecular flexibility index (Phi) is 6.45. The fraction of sp³-hybridized carbons (Fsp3) is 0.474. The molecule has 0 spiro atoms. The van der Waals surface area contributed by atoms with Gasteiger partial charge in [0, 0.05) is 24.5 Å². The molecule has 0 bridgehead atoms. The molecule has 2 atom stereocenters. The van der Waals surface area contributed by atoms with Gasteiger partial charge in [-0.3, -0.25) is 9.59 Å². The number of amides is 2. The third-order valence-corrected chi connectivity index (χ3v) is 6.61. The number of likely N-dealkylation sites (N-methyl/N-ethyl adjacent to an activating group) is 1. The Morgan fingerprint density at radius 2 is 2.04 bits per heavy atom. The lowest BCUT2D eigenvalue weighted by Crippen LogP contribution is -2.46. The van der Waals surface area contributed by atoms with Crippen LogP contribution in [0.15, 0.2) is 35.0 Å². The molecule has 0 saturated carbocycles. The summed E-state index contributed by atoms with van der Waals surface area (Å²) in [6.07, 6.45) is 1.71. The summed E-state index contributed by atoms with van der Waals surface area (Å²) < 4.78 is 0. The largest absolute Gasteiger partial charge is 0.354 e. The van der Waals surface area contributed by atoms with E-state index in [1.165, 1.54) is 16.2 Å². The summed E-state index contributed by atoms with van der Waals surface area (Å²) in [6.45, 7) is 1.83. The van der Waals surface area contributed by atoms with Gasteiger partial charge in [0.1, 0.15) is 0 Å². The molecule has 1 aliphatic rings. The molecule has 2 unspecified atom stereocenters. The van der Waals surface area contributed by atoms with Gasteiger partial charge in [0.15, 0.2) is 0 Å². The third kappa shape index (κ3) is 4.52. The fourth-order valence-electron chi connectivity index (χ4n) is 3.29. The predicted octanol–water partition coefficient (Wildman–Crippen LogP) is 3.08. The predicted molar refractivity (Wildman–Crippen MR) is 107 cm³/mol. The molecule has 3 rings (SSSR count). The Bertz CT molecular complexity index is 713. The fourth-order valence-corrected chi connectivity index (χ4v) is 4.91. The number of likely N-dealkylation sites (tertiary alicyclic amines) is 1. The van der Waals surface area contributed by atoms with Gasteiger partial charge in [0.25, 0.3) is 5.91 Å². The van der Waals surface area contributed by atoms with E-state index < -0.39 is 0 Å². The second kappa shape index (κ2) is 8.79. The SMILES string of the molecule is CN(C)C(CNC(=O)C1CCCN(C(=O)c2cccs2)C1)c1cccs1. The van der Waals surface area contributed by atoms with Crippen LogP contribution < -0.4 is 5.32 Å². The molecule has 7 heteroatoms. The van der Waals surface area contributed by atoms with Gasteiger partial charge in [-0.2, -0.15) is 0 Å². The Balaban J connectivity index is 1.56. The van der Waals surface area contributed by atoms with Crippen LogP contribution in [0, 0.1) is 5.92 Å². The zero-order valence-electron chi connectivity index (χ0n) is 15.2. The van der Waals surface area contributed by atoms with Crippen molar-refractivity contribution in [1.29, 1.82) is 0 Å². The monoisotopic (exact) mass is 391 g/mol. The third-order valence-electron chi connectivity index (χ3n) is 4.78. The van der Waals surface area contributed by atoms with E-state index in [-0.39, 0.29) is 23.8 Å². The lowest BCUT2D eigenvalue weighted by molar-refractivity contribution is -0.126. The maximum absolute atomic E-state index is 12.7. The van der Waals surface area contributed by atoms with Crippen molar-refractivity contribution < 1.29 is 9.59 Å². The van der Waals surface area contributed by atoms with Crippen LogP contribution >= 0.6 is 22.7 Å². The van der Waals surface area contributed by atoms with Gasteiger partial charge < -0.3 is 15.1 Å². The maximum Gasteiger partial charge on any atom is 0.263 e. The van der Waals surface area contributed by atoms with E-state index in [0.29, 0.717) is 13.1 Å². The number of piperidine rings is 1. The number of carbonyl (C=O) groups excluding carboxylic acids is 2. The van der Waals surface area contributed by atoms with Crippen LogP contribution in [0.3, 0.4) is 0 Å². The number of thiophene rings is 2. The van der Waals surface area contributed by atoms with Crippen LogP contribution in [0.2, 0.25) is 0 Å². The van der Waals surface area contributed by atoms with Crippen LogP contribution in [0.5, 0.6) is 0 Å². The molecule has 1 saturated heterocycles. The molecule has 2 aromatic heterocycles. The second-order valence-corrected chi connectivity index (χ2v) is 8.73. The summed E-state index contributed by atoms with van der Waals surface area (Å²) >= 11 is 3.16. The van der Waals surface area contributed by atoms with Crippen molar-refractivity contribution in [2.24, 2.45) is 5.92 Å². The zero-order valence-corrected chi connectivity index (χ0v) is 16.8. The summed E-state index contributed by atoms with van der Waals surface area (Å²) in [5.74, 6) is -0.0295. The quantitative estimate of drug-likeness (QED) is 0.823. The van der Waals surface area contributed by atoms with Gasteiger partial charge in [-0.15, -0.1) is 22.7 Å². The first kappa shape index (κ1) is 19.1. The van der Waals surface area contributed by atoms with Crippen LogP contribution in [0.1, 0.15) is 33.4 Å². The minimum Gasteiger partial charge on any atom is -0.354 e. The molecule has 1 fully saturated rings. The van der Waals surface area contributed by atoms with Crippen molar-refractivity contribution in [2.45, 2.75) is 18.9 Å². The molecule has 2 aromatic rings. The average molecular weight is 392 g/mol. The highest BCUT2D eigenvalue weighted by Gasteiger charge is 2.29. The van der Waals surface area contributed by atoms with Crippen molar-refractivity contribution in [2.75, 3.05) is 33.7 Å². The van der Waals surface area contributed by atoms with Crippen molar-refractivity contribution >= 4 is 34.5 Å². The van der Waals surface area contributed by atoms with Crippen molar-refractivity contribution in [1.82, 2.24) is 15.1 Å². The molecule has 26 heavy (non-hydrogen) atoms. The number of carbonyl (C=O) groups is 2. The minimum absolute atomic E-state index is 0.0438. The number of hydrogen-bond acceptors (Lipinski definition) is 5.